The number of hydrogen-bond acceptors (Lipinski definition) is 4. The summed E-state index contributed by atoms with van der Waals surface area (Å²) in [4.78, 5) is 4.16. The van der Waals surface area contributed by atoms with Crippen molar-refractivity contribution in [3.63, 3.8) is 0 Å². The lowest BCUT2D eigenvalue weighted by Crippen LogP contribution is -2.39. The van der Waals surface area contributed by atoms with Gasteiger partial charge in [0.05, 0.1) is 0 Å². The molecule has 20 heavy (non-hydrogen) atoms. The van der Waals surface area contributed by atoms with Gasteiger partial charge in [0.25, 0.3) is 10.0 Å². The number of rotatable bonds is 2. The van der Waals surface area contributed by atoms with Gasteiger partial charge in [-0.3, -0.25) is 0 Å². The van der Waals surface area contributed by atoms with Gasteiger partial charge in [0.15, 0.2) is 5.03 Å². The molecule has 2 aliphatic rings. The summed E-state index contributed by atoms with van der Waals surface area (Å²) in [5.74, 6) is 0.716. The van der Waals surface area contributed by atoms with E-state index in [4.69, 9.17) is 0 Å². The highest BCUT2D eigenvalue weighted by atomic mass is 35.5. The molecule has 1 N–H and O–H groups in total. The van der Waals surface area contributed by atoms with Crippen molar-refractivity contribution >= 4 is 22.4 Å². The lowest BCUT2D eigenvalue weighted by molar-refractivity contribution is 0.382. The lowest BCUT2D eigenvalue weighted by atomic mass is 10.1. The molecule has 2 unspecified atom stereocenters. The van der Waals surface area contributed by atoms with E-state index in [1.165, 1.54) is 6.42 Å². The van der Waals surface area contributed by atoms with Crippen LogP contribution in [0.3, 0.4) is 0 Å². The predicted octanol–water partition coefficient (Wildman–Crippen LogP) is 0.665. The van der Waals surface area contributed by atoms with Crippen LogP contribution in [0.1, 0.15) is 25.1 Å². The Bertz CT molecular complexity index is 567. The monoisotopic (exact) mass is 320 g/mol. The summed E-state index contributed by atoms with van der Waals surface area (Å²) >= 11 is 0. The Morgan fingerprint density at radius 3 is 2.65 bits per heavy atom. The summed E-state index contributed by atoms with van der Waals surface area (Å²) in [6.07, 6.45) is 4.72. The van der Waals surface area contributed by atoms with Crippen molar-refractivity contribution in [2.24, 2.45) is 7.05 Å². The predicted molar refractivity (Wildman–Crippen MR) is 78.5 cm³/mol. The maximum absolute atomic E-state index is 12.6. The van der Waals surface area contributed by atoms with Gasteiger partial charge in [-0.05, 0) is 26.2 Å². The smallest absolute Gasteiger partial charge is 0.262 e. The third-order valence-corrected chi connectivity index (χ3v) is 5.91. The third kappa shape index (κ3) is 2.72. The van der Waals surface area contributed by atoms with E-state index < -0.39 is 10.0 Å². The van der Waals surface area contributed by atoms with Crippen LogP contribution in [0.5, 0.6) is 0 Å². The third-order valence-electron chi connectivity index (χ3n) is 4.18. The topological polar surface area (TPSA) is 67.2 Å². The number of aryl methyl sites for hydroxylation is 2. The Hall–Kier alpha value is -0.630. The molecule has 0 spiro atoms. The summed E-state index contributed by atoms with van der Waals surface area (Å²) in [5, 5.41) is 3.66. The molecule has 6 nitrogen and oxygen atoms in total. The van der Waals surface area contributed by atoms with Crippen LogP contribution >= 0.6 is 12.4 Å². The largest absolute Gasteiger partial charge is 0.337 e. The van der Waals surface area contributed by atoms with Crippen LogP contribution in [0.2, 0.25) is 0 Å². The van der Waals surface area contributed by atoms with E-state index >= 15 is 0 Å². The minimum atomic E-state index is -3.45. The van der Waals surface area contributed by atoms with Gasteiger partial charge in [-0.2, -0.15) is 4.31 Å². The molecule has 0 aromatic carbocycles. The zero-order valence-corrected chi connectivity index (χ0v) is 13.4. The highest BCUT2D eigenvalue weighted by Crippen LogP contribution is 2.24. The number of imidazole rings is 1. The molecule has 2 fully saturated rings. The Balaban J connectivity index is 0.00000147. The summed E-state index contributed by atoms with van der Waals surface area (Å²) < 4.78 is 28.5. The first-order valence-electron chi connectivity index (χ1n) is 6.73. The molecule has 2 atom stereocenters. The molecule has 0 radical (unpaired) electrons. The molecular formula is C12H21ClN4O2S. The number of hydrogen-bond donors (Lipinski definition) is 1. The molecular weight excluding hydrogens is 300 g/mol. The Morgan fingerprint density at radius 1 is 1.30 bits per heavy atom. The molecule has 8 heteroatoms. The van der Waals surface area contributed by atoms with Gasteiger partial charge in [0.2, 0.25) is 0 Å². The van der Waals surface area contributed by atoms with E-state index in [0.29, 0.717) is 31.0 Å². The molecule has 0 aliphatic carbocycles. The average Bonchev–Trinajstić information content (AvgIpc) is 2.83. The van der Waals surface area contributed by atoms with Crippen molar-refractivity contribution in [1.82, 2.24) is 19.2 Å². The van der Waals surface area contributed by atoms with E-state index in [2.05, 4.69) is 10.3 Å². The molecule has 1 aromatic rings. The highest BCUT2D eigenvalue weighted by Gasteiger charge is 2.35. The van der Waals surface area contributed by atoms with Crippen molar-refractivity contribution in [3.8, 4) is 0 Å². The van der Waals surface area contributed by atoms with E-state index in [1.807, 2.05) is 14.0 Å². The molecule has 2 bridgehead atoms. The van der Waals surface area contributed by atoms with Crippen LogP contribution in [0, 0.1) is 6.92 Å². The number of fused-ring (bicyclic) bond motifs is 2. The van der Waals surface area contributed by atoms with Gasteiger partial charge in [0, 0.05) is 38.4 Å². The number of nitrogens with zero attached hydrogens (tertiary/aromatic N) is 3. The molecule has 3 heterocycles. The maximum Gasteiger partial charge on any atom is 0.262 e. The maximum atomic E-state index is 12.6. The van der Waals surface area contributed by atoms with Crippen LogP contribution in [-0.4, -0.2) is 47.4 Å². The molecule has 2 saturated heterocycles. The summed E-state index contributed by atoms with van der Waals surface area (Å²) in [7, 11) is -1.64. The van der Waals surface area contributed by atoms with Crippen molar-refractivity contribution < 1.29 is 8.42 Å². The standard InChI is InChI=1S/C12H20N4O2S.ClH/c1-9-13-12(8-15(9)2)19(17,18)16-6-5-10-3-4-11(7-16)14-10;/h8,10-11,14H,3-7H2,1-2H3;1H. The van der Waals surface area contributed by atoms with Crippen LogP contribution in [0.25, 0.3) is 0 Å². The highest BCUT2D eigenvalue weighted by molar-refractivity contribution is 7.89. The van der Waals surface area contributed by atoms with Crippen LogP contribution in [-0.2, 0) is 17.1 Å². The molecule has 2 aliphatic heterocycles. The fraction of sp³-hybridized carbons (Fsp3) is 0.750. The van der Waals surface area contributed by atoms with Crippen molar-refractivity contribution in [1.29, 1.82) is 0 Å². The van der Waals surface area contributed by atoms with Crippen LogP contribution < -0.4 is 5.32 Å². The second-order valence-electron chi connectivity index (χ2n) is 5.53. The quantitative estimate of drug-likeness (QED) is 0.869. The van der Waals surface area contributed by atoms with Gasteiger partial charge >= 0.3 is 0 Å². The van der Waals surface area contributed by atoms with Gasteiger partial charge in [-0.15, -0.1) is 12.4 Å². The molecule has 114 valence electrons. The lowest BCUT2D eigenvalue weighted by Gasteiger charge is -2.22. The normalized spacial score (nSPS) is 27.1. The first-order valence-corrected chi connectivity index (χ1v) is 8.17. The van der Waals surface area contributed by atoms with Gasteiger partial charge < -0.3 is 9.88 Å². The first kappa shape index (κ1) is 15.8. The van der Waals surface area contributed by atoms with Gasteiger partial charge in [-0.25, -0.2) is 13.4 Å². The second kappa shape index (κ2) is 5.63. The van der Waals surface area contributed by atoms with E-state index in [0.717, 1.165) is 12.8 Å². The van der Waals surface area contributed by atoms with E-state index in [1.54, 1.807) is 15.1 Å². The molecule has 1 aromatic heterocycles. The zero-order chi connectivity index (χ0) is 13.6. The molecule has 3 rings (SSSR count). The van der Waals surface area contributed by atoms with E-state index in [9.17, 15) is 8.42 Å². The molecule has 0 saturated carbocycles. The summed E-state index contributed by atoms with van der Waals surface area (Å²) in [5.41, 5.74) is 0. The first-order chi connectivity index (χ1) is 8.96. The Morgan fingerprint density at radius 2 is 2.00 bits per heavy atom. The number of aromatic nitrogens is 2. The summed E-state index contributed by atoms with van der Waals surface area (Å²) in [6.45, 7) is 2.96. The number of halogens is 1. The van der Waals surface area contributed by atoms with Gasteiger partial charge in [0.1, 0.15) is 5.82 Å². The average molecular weight is 321 g/mol. The molecule has 0 amide bonds. The zero-order valence-electron chi connectivity index (χ0n) is 11.7. The summed E-state index contributed by atoms with van der Waals surface area (Å²) in [6, 6.07) is 0.780. The fourth-order valence-corrected chi connectivity index (χ4v) is 4.44. The SMILES string of the molecule is Cc1nc(S(=O)(=O)N2CCC3CCC(C2)N3)cn1C.Cl. The van der Waals surface area contributed by atoms with Crippen LogP contribution in [0.15, 0.2) is 11.2 Å². The van der Waals surface area contributed by atoms with Gasteiger partial charge in [-0.1, -0.05) is 0 Å². The van der Waals surface area contributed by atoms with Crippen LogP contribution in [0.4, 0.5) is 0 Å². The minimum Gasteiger partial charge on any atom is -0.337 e. The van der Waals surface area contributed by atoms with Crippen molar-refractivity contribution in [2.45, 2.75) is 43.3 Å². The van der Waals surface area contributed by atoms with E-state index in [-0.39, 0.29) is 17.4 Å². The van der Waals surface area contributed by atoms with Crippen molar-refractivity contribution in [2.75, 3.05) is 13.1 Å². The fourth-order valence-electron chi connectivity index (χ4n) is 2.91. The Labute approximate surface area is 126 Å². The second-order valence-corrected chi connectivity index (χ2v) is 7.41. The number of nitrogens with one attached hydrogen (secondary N) is 1. The minimum absolute atomic E-state index is 0. The van der Waals surface area contributed by atoms with Crippen molar-refractivity contribution in [3.05, 3.63) is 12.0 Å². The Kier molecular flexibility index (Phi) is 4.44. The number of sulfonamides is 1.